The van der Waals surface area contributed by atoms with Gasteiger partial charge < -0.3 is 0 Å². The van der Waals surface area contributed by atoms with E-state index in [9.17, 15) is 0 Å². The quantitative estimate of drug-likeness (QED) is 0.810. The van der Waals surface area contributed by atoms with Crippen LogP contribution in [0.2, 0.25) is 0 Å². The lowest BCUT2D eigenvalue weighted by molar-refractivity contribution is 0.199. The molecule has 10 radical (unpaired) electrons. The van der Waals surface area contributed by atoms with Gasteiger partial charge in [-0.05, 0) is 70.9 Å². The second kappa shape index (κ2) is 6.97. The van der Waals surface area contributed by atoms with E-state index in [1.165, 1.54) is 22.6 Å². The summed E-state index contributed by atoms with van der Waals surface area (Å²) in [4.78, 5) is 2.33. The van der Waals surface area contributed by atoms with Crippen molar-refractivity contribution in [1.29, 1.82) is 0 Å². The topological polar surface area (TPSA) is 3.24 Å². The molecule has 0 unspecified atom stereocenters. The van der Waals surface area contributed by atoms with Gasteiger partial charge in [-0.2, -0.15) is 11.8 Å². The monoisotopic (exact) mass is 307 g/mol. The summed E-state index contributed by atoms with van der Waals surface area (Å²) in [5, 5.41) is 1.33. The molecule has 1 atom stereocenters. The molecule has 0 bridgehead atoms. The van der Waals surface area contributed by atoms with Gasteiger partial charge in [-0.15, -0.1) is 0 Å². The van der Waals surface area contributed by atoms with Gasteiger partial charge in [0.15, 0.2) is 0 Å². The van der Waals surface area contributed by atoms with Crippen LogP contribution in [0.1, 0.15) is 5.56 Å². The molecule has 2 aliphatic rings. The Kier molecular flexibility index (Phi) is 5.19. The molecule has 2 fully saturated rings. The normalized spacial score (nSPS) is 24.2. The van der Waals surface area contributed by atoms with E-state index in [0.717, 1.165) is 0 Å². The van der Waals surface area contributed by atoms with Crippen LogP contribution < -0.4 is 0 Å². The summed E-state index contributed by atoms with van der Waals surface area (Å²) in [5.41, 5.74) is 1.04. The Morgan fingerprint density at radius 2 is 1.55 bits per heavy atom. The van der Waals surface area contributed by atoms with E-state index in [2.05, 4.69) is 101 Å². The zero-order valence-electron chi connectivity index (χ0n) is 13.3. The zero-order chi connectivity index (χ0) is 15.6. The maximum Gasteiger partial charge on any atom is 0.0604 e. The molecular formula is C20H21NS. The molecule has 0 heterocycles. The van der Waals surface area contributed by atoms with Gasteiger partial charge in [-0.25, -0.2) is 0 Å². The molecule has 1 nitrogen and oxygen atoms in total. The largest absolute Gasteiger partial charge is 0.299 e. The van der Waals surface area contributed by atoms with Crippen molar-refractivity contribution in [3.05, 3.63) is 97.9 Å². The molecule has 2 saturated carbocycles. The lowest BCUT2D eigenvalue weighted by Gasteiger charge is -2.50. The highest BCUT2D eigenvalue weighted by molar-refractivity contribution is 8.01. The molecule has 3 rings (SSSR count). The summed E-state index contributed by atoms with van der Waals surface area (Å²) in [6.07, 6.45) is 17.5. The van der Waals surface area contributed by atoms with Gasteiger partial charge in [0.1, 0.15) is 0 Å². The average Bonchev–Trinajstić information content (AvgIpc) is 3.21. The minimum atomic E-state index is -0.257. The molecule has 112 valence electrons. The lowest BCUT2D eigenvalue weighted by atomic mass is 9.66. The standard InChI is InChI=1S/C20H21NS/c1-21(2)20(17-12-7-8-13-17,16-10-5-4-6-11-16)18-14-9-15-19(18)22-3/h4-15H,1-3H3/t20-/m0/s1. The first kappa shape index (κ1) is 16.4. The molecule has 0 aliphatic heterocycles. The van der Waals surface area contributed by atoms with E-state index >= 15 is 0 Å². The number of hydrogen-bond donors (Lipinski definition) is 0. The number of rotatable bonds is 5. The van der Waals surface area contributed by atoms with E-state index in [1.807, 2.05) is 11.8 Å². The maximum atomic E-state index is 2.33. The van der Waals surface area contributed by atoms with Crippen LogP contribution in [0.15, 0.2) is 30.3 Å². The predicted molar refractivity (Wildman–Crippen MR) is 95.2 cm³/mol. The van der Waals surface area contributed by atoms with Crippen LogP contribution in [0.5, 0.6) is 0 Å². The van der Waals surface area contributed by atoms with Crippen LogP contribution in [0.4, 0.5) is 0 Å². The predicted octanol–water partition coefficient (Wildman–Crippen LogP) is 3.94. The van der Waals surface area contributed by atoms with Gasteiger partial charge in [0.05, 0.1) is 5.54 Å². The van der Waals surface area contributed by atoms with Crippen molar-refractivity contribution in [3.63, 3.8) is 0 Å². The SMILES string of the molecule is CS[C]1[CH][CH][CH][C]1[C@@]([C]1[CH][CH][CH][CH]1)(c1ccccc1)N(C)C. The highest BCUT2D eigenvalue weighted by atomic mass is 32.2. The molecule has 1 aromatic carbocycles. The molecule has 2 heteroatoms. The van der Waals surface area contributed by atoms with E-state index in [1.54, 1.807) is 0 Å². The zero-order valence-corrected chi connectivity index (χ0v) is 14.1. The third kappa shape index (κ3) is 2.63. The molecule has 0 spiro atoms. The van der Waals surface area contributed by atoms with Gasteiger partial charge in [0.25, 0.3) is 0 Å². The summed E-state index contributed by atoms with van der Waals surface area (Å²) in [5.74, 6) is 2.66. The van der Waals surface area contributed by atoms with Crippen molar-refractivity contribution in [3.8, 4) is 0 Å². The van der Waals surface area contributed by atoms with Gasteiger partial charge in [-0.3, -0.25) is 4.90 Å². The van der Waals surface area contributed by atoms with Crippen LogP contribution in [-0.2, 0) is 5.54 Å². The molecule has 0 aromatic heterocycles. The molecular weight excluding hydrogens is 286 g/mol. The van der Waals surface area contributed by atoms with Gasteiger partial charge >= 0.3 is 0 Å². The Bertz CT molecular complexity index is 466. The smallest absolute Gasteiger partial charge is 0.0604 e. The summed E-state index contributed by atoms with van der Waals surface area (Å²) in [6.45, 7) is 0. The van der Waals surface area contributed by atoms with E-state index in [-0.39, 0.29) is 5.54 Å². The van der Waals surface area contributed by atoms with E-state index < -0.39 is 0 Å². The Hall–Kier alpha value is -0.470. The summed E-state index contributed by atoms with van der Waals surface area (Å²) in [7, 11) is 4.33. The molecule has 22 heavy (non-hydrogen) atoms. The minimum Gasteiger partial charge on any atom is -0.299 e. The van der Waals surface area contributed by atoms with Crippen molar-refractivity contribution in [2.45, 2.75) is 5.54 Å². The highest BCUT2D eigenvalue weighted by Crippen LogP contribution is 2.58. The fourth-order valence-electron chi connectivity index (χ4n) is 3.41. The first-order valence-corrected chi connectivity index (χ1v) is 8.69. The number of benzene rings is 1. The summed E-state index contributed by atoms with van der Waals surface area (Å²) in [6, 6.07) is 10.8. The Morgan fingerprint density at radius 1 is 0.864 bits per heavy atom. The third-order valence-electron chi connectivity index (χ3n) is 4.33. The Balaban J connectivity index is 2.10. The van der Waals surface area contributed by atoms with Crippen molar-refractivity contribution >= 4 is 11.8 Å². The number of hydrogen-bond acceptors (Lipinski definition) is 2. The van der Waals surface area contributed by atoms with Crippen LogP contribution in [0, 0.1) is 62.0 Å². The lowest BCUT2D eigenvalue weighted by Crippen LogP contribution is -2.51. The first-order valence-electron chi connectivity index (χ1n) is 7.46. The molecule has 1 aromatic rings. The summed E-state index contributed by atoms with van der Waals surface area (Å²) >= 11 is 1.81. The minimum absolute atomic E-state index is 0.257. The second-order valence-electron chi connectivity index (χ2n) is 5.65. The molecule has 0 saturated heterocycles. The Morgan fingerprint density at radius 3 is 2.14 bits per heavy atom. The average molecular weight is 307 g/mol. The maximum absolute atomic E-state index is 2.33. The first-order chi connectivity index (χ1) is 10.7. The van der Waals surface area contributed by atoms with E-state index in [4.69, 9.17) is 0 Å². The van der Waals surface area contributed by atoms with Crippen molar-refractivity contribution in [1.82, 2.24) is 4.90 Å². The van der Waals surface area contributed by atoms with Crippen LogP contribution in [0.3, 0.4) is 0 Å². The third-order valence-corrected chi connectivity index (χ3v) is 5.12. The molecule has 2 aliphatic carbocycles. The van der Waals surface area contributed by atoms with Gasteiger partial charge in [0.2, 0.25) is 0 Å². The summed E-state index contributed by atoms with van der Waals surface area (Å²) < 4.78 is 0. The second-order valence-corrected chi connectivity index (χ2v) is 6.50. The van der Waals surface area contributed by atoms with Gasteiger partial charge in [-0.1, -0.05) is 30.3 Å². The number of nitrogens with zero attached hydrogens (tertiary/aromatic N) is 1. The van der Waals surface area contributed by atoms with Crippen molar-refractivity contribution in [2.24, 2.45) is 0 Å². The van der Waals surface area contributed by atoms with Gasteiger partial charge in [0, 0.05) is 17.1 Å². The van der Waals surface area contributed by atoms with Crippen molar-refractivity contribution in [2.75, 3.05) is 20.4 Å². The van der Waals surface area contributed by atoms with E-state index in [0.29, 0.717) is 0 Å². The van der Waals surface area contributed by atoms with Crippen LogP contribution >= 0.6 is 11.8 Å². The van der Waals surface area contributed by atoms with Crippen LogP contribution in [-0.4, -0.2) is 25.3 Å². The fourth-order valence-corrected chi connectivity index (χ4v) is 4.06. The fraction of sp³-hybridized carbons (Fsp3) is 0.200. The van der Waals surface area contributed by atoms with Crippen LogP contribution in [0.25, 0.3) is 0 Å². The van der Waals surface area contributed by atoms with Crippen molar-refractivity contribution < 1.29 is 0 Å². The molecule has 0 N–H and O–H groups in total. The Labute approximate surface area is 140 Å². The number of thioether (sulfide) groups is 1. The molecule has 0 amide bonds. The highest BCUT2D eigenvalue weighted by Gasteiger charge is 2.54.